The lowest BCUT2D eigenvalue weighted by atomic mass is 9.91. The van der Waals surface area contributed by atoms with Crippen LogP contribution in [0.25, 0.3) is 0 Å². The van der Waals surface area contributed by atoms with Crippen molar-refractivity contribution in [3.63, 3.8) is 0 Å². The van der Waals surface area contributed by atoms with Crippen molar-refractivity contribution in [1.82, 2.24) is 4.90 Å². The van der Waals surface area contributed by atoms with Gasteiger partial charge < -0.3 is 10.0 Å². The summed E-state index contributed by atoms with van der Waals surface area (Å²) in [4.78, 5) is 37.1. The molecule has 1 N–H and O–H groups in total. The normalized spacial score (nSPS) is 21.5. The fourth-order valence-electron chi connectivity index (χ4n) is 3.48. The molecule has 1 heterocycles. The minimum atomic E-state index is -0.704. The first-order chi connectivity index (χ1) is 11.5. The van der Waals surface area contributed by atoms with Gasteiger partial charge in [-0.05, 0) is 24.7 Å². The molecule has 6 heteroatoms. The molecule has 1 amide bonds. The van der Waals surface area contributed by atoms with Gasteiger partial charge in [0.1, 0.15) is 0 Å². The number of nitrogens with zero attached hydrogens (tertiary/aromatic N) is 1. The van der Waals surface area contributed by atoms with Gasteiger partial charge in [-0.1, -0.05) is 30.3 Å². The number of benzene rings is 1. The van der Waals surface area contributed by atoms with Crippen LogP contribution in [0.1, 0.15) is 29.6 Å². The van der Waals surface area contributed by atoms with Gasteiger partial charge in [-0.25, -0.2) is 0 Å². The minimum absolute atomic E-state index is 0.0354. The molecule has 1 aliphatic heterocycles. The molecule has 128 valence electrons. The number of rotatable bonds is 6. The SMILES string of the molecule is O=C(CSCC(=O)N1CCC2(CC1)CC2C(=O)O)c1ccccc1. The zero-order chi connectivity index (χ0) is 17.2. The second kappa shape index (κ2) is 6.97. The zero-order valence-electron chi connectivity index (χ0n) is 13.4. The van der Waals surface area contributed by atoms with Gasteiger partial charge in [0.25, 0.3) is 0 Å². The maximum atomic E-state index is 12.2. The van der Waals surface area contributed by atoms with Crippen molar-refractivity contribution in [1.29, 1.82) is 0 Å². The molecular formula is C18H21NO4S. The molecule has 1 saturated carbocycles. The van der Waals surface area contributed by atoms with E-state index in [2.05, 4.69) is 0 Å². The molecule has 24 heavy (non-hydrogen) atoms. The van der Waals surface area contributed by atoms with Crippen LogP contribution >= 0.6 is 11.8 Å². The number of hydrogen-bond acceptors (Lipinski definition) is 4. The van der Waals surface area contributed by atoms with E-state index in [1.807, 2.05) is 23.1 Å². The van der Waals surface area contributed by atoms with Crippen molar-refractivity contribution in [3.8, 4) is 0 Å². The molecule has 1 aromatic rings. The highest BCUT2D eigenvalue weighted by Gasteiger charge is 2.59. The van der Waals surface area contributed by atoms with Crippen LogP contribution in [0.2, 0.25) is 0 Å². The summed E-state index contributed by atoms with van der Waals surface area (Å²) in [6.07, 6.45) is 2.32. The predicted molar refractivity (Wildman–Crippen MR) is 92.1 cm³/mol. The molecule has 3 rings (SSSR count). The average molecular weight is 347 g/mol. The Hall–Kier alpha value is -1.82. The molecule has 2 fully saturated rings. The highest BCUT2D eigenvalue weighted by molar-refractivity contribution is 8.00. The third-order valence-electron chi connectivity index (χ3n) is 5.15. The fraction of sp³-hybridized carbons (Fsp3) is 0.500. The van der Waals surface area contributed by atoms with Crippen LogP contribution < -0.4 is 0 Å². The Labute approximate surface area is 145 Å². The molecular weight excluding hydrogens is 326 g/mol. The first-order valence-electron chi connectivity index (χ1n) is 8.18. The van der Waals surface area contributed by atoms with Gasteiger partial charge in [0.2, 0.25) is 5.91 Å². The van der Waals surface area contributed by atoms with Gasteiger partial charge in [-0.2, -0.15) is 0 Å². The first-order valence-corrected chi connectivity index (χ1v) is 9.34. The molecule has 1 aromatic carbocycles. The highest BCUT2D eigenvalue weighted by Crippen LogP contribution is 2.59. The molecule has 1 atom stereocenters. The van der Waals surface area contributed by atoms with E-state index in [0.29, 0.717) is 30.2 Å². The van der Waals surface area contributed by atoms with Crippen molar-refractivity contribution in [2.75, 3.05) is 24.6 Å². The Bertz CT molecular complexity index is 638. The number of ketones is 1. The van der Waals surface area contributed by atoms with Gasteiger partial charge in [0, 0.05) is 18.7 Å². The third-order valence-corrected chi connectivity index (χ3v) is 6.07. The molecule has 1 unspecified atom stereocenters. The molecule has 1 aliphatic carbocycles. The lowest BCUT2D eigenvalue weighted by Gasteiger charge is -2.32. The molecule has 2 aliphatic rings. The van der Waals surface area contributed by atoms with Crippen LogP contribution in [0.4, 0.5) is 0 Å². The van der Waals surface area contributed by atoms with E-state index in [9.17, 15) is 14.4 Å². The molecule has 0 bridgehead atoms. The number of carboxylic acid groups (broad SMARTS) is 1. The third kappa shape index (κ3) is 3.64. The molecule has 1 saturated heterocycles. The van der Waals surface area contributed by atoms with E-state index in [0.717, 1.165) is 19.3 Å². The quantitative estimate of drug-likeness (QED) is 0.800. The molecule has 0 aromatic heterocycles. The average Bonchev–Trinajstić information content (AvgIpc) is 3.30. The van der Waals surface area contributed by atoms with Crippen molar-refractivity contribution in [2.24, 2.45) is 11.3 Å². The van der Waals surface area contributed by atoms with E-state index in [-0.39, 0.29) is 23.0 Å². The number of amides is 1. The standard InChI is InChI=1S/C18H21NO4S/c20-15(13-4-2-1-3-5-13)11-24-12-16(21)19-8-6-18(7-9-19)10-14(18)17(22)23/h1-5,14H,6-12H2,(H,22,23). The number of piperidine rings is 1. The second-order valence-corrected chi connectivity index (χ2v) is 7.61. The summed E-state index contributed by atoms with van der Waals surface area (Å²) < 4.78 is 0. The van der Waals surface area contributed by atoms with Crippen molar-refractivity contribution < 1.29 is 19.5 Å². The Morgan fingerprint density at radius 2 is 1.79 bits per heavy atom. The summed E-state index contributed by atoms with van der Waals surface area (Å²) in [5, 5.41) is 9.09. The summed E-state index contributed by atoms with van der Waals surface area (Å²) in [6.45, 7) is 1.27. The summed E-state index contributed by atoms with van der Waals surface area (Å²) in [5.41, 5.74) is 0.616. The topological polar surface area (TPSA) is 74.7 Å². The maximum Gasteiger partial charge on any atom is 0.307 e. The van der Waals surface area contributed by atoms with Crippen molar-refractivity contribution in [2.45, 2.75) is 19.3 Å². The van der Waals surface area contributed by atoms with Gasteiger partial charge in [0.15, 0.2) is 5.78 Å². The fourth-order valence-corrected chi connectivity index (χ4v) is 4.29. The van der Waals surface area contributed by atoms with E-state index < -0.39 is 5.97 Å². The van der Waals surface area contributed by atoms with Gasteiger partial charge in [0.05, 0.1) is 17.4 Å². The van der Waals surface area contributed by atoms with E-state index in [1.54, 1.807) is 12.1 Å². The number of carboxylic acids is 1. The number of thioether (sulfide) groups is 1. The van der Waals surface area contributed by atoms with E-state index >= 15 is 0 Å². The Morgan fingerprint density at radius 3 is 2.38 bits per heavy atom. The zero-order valence-corrected chi connectivity index (χ0v) is 14.3. The van der Waals surface area contributed by atoms with E-state index in [4.69, 9.17) is 5.11 Å². The number of likely N-dealkylation sites (tertiary alicyclic amines) is 1. The maximum absolute atomic E-state index is 12.2. The molecule has 0 radical (unpaired) electrons. The Morgan fingerprint density at radius 1 is 1.12 bits per heavy atom. The smallest absolute Gasteiger partial charge is 0.307 e. The van der Waals surface area contributed by atoms with E-state index in [1.165, 1.54) is 11.8 Å². The van der Waals surface area contributed by atoms with Gasteiger partial charge in [-0.15, -0.1) is 11.8 Å². The lowest BCUT2D eigenvalue weighted by molar-refractivity contribution is -0.139. The summed E-state index contributed by atoms with van der Waals surface area (Å²) in [7, 11) is 0. The Balaban J connectivity index is 1.39. The van der Waals surface area contributed by atoms with Crippen LogP contribution in [0, 0.1) is 11.3 Å². The van der Waals surface area contributed by atoms with Crippen LogP contribution in [0.3, 0.4) is 0 Å². The summed E-state index contributed by atoms with van der Waals surface area (Å²) >= 11 is 1.34. The van der Waals surface area contributed by atoms with Crippen LogP contribution in [0.5, 0.6) is 0 Å². The number of carbonyl (C=O) groups is 3. The number of hydrogen-bond donors (Lipinski definition) is 1. The largest absolute Gasteiger partial charge is 0.481 e. The van der Waals surface area contributed by atoms with Gasteiger partial charge in [-0.3, -0.25) is 14.4 Å². The van der Waals surface area contributed by atoms with Crippen molar-refractivity contribution in [3.05, 3.63) is 35.9 Å². The second-order valence-electron chi connectivity index (χ2n) is 6.62. The van der Waals surface area contributed by atoms with Gasteiger partial charge >= 0.3 is 5.97 Å². The molecule has 1 spiro atoms. The first kappa shape index (κ1) is 17.0. The number of carbonyl (C=O) groups excluding carboxylic acids is 2. The number of Topliss-reactive ketones (excluding diaryl/α,β-unsaturated/α-hetero) is 1. The molecule has 5 nitrogen and oxygen atoms in total. The van der Waals surface area contributed by atoms with Crippen molar-refractivity contribution >= 4 is 29.4 Å². The van der Waals surface area contributed by atoms with Crippen LogP contribution in [-0.4, -0.2) is 52.3 Å². The lowest BCUT2D eigenvalue weighted by Crippen LogP contribution is -2.41. The summed E-state index contributed by atoms with van der Waals surface area (Å²) in [5.74, 6) is -0.239. The minimum Gasteiger partial charge on any atom is -0.481 e. The summed E-state index contributed by atoms with van der Waals surface area (Å²) in [6, 6.07) is 9.09. The predicted octanol–water partition coefficient (Wildman–Crippen LogP) is 2.32. The Kier molecular flexibility index (Phi) is 4.94. The highest BCUT2D eigenvalue weighted by atomic mass is 32.2. The van der Waals surface area contributed by atoms with Crippen LogP contribution in [-0.2, 0) is 9.59 Å². The van der Waals surface area contributed by atoms with Crippen LogP contribution in [0.15, 0.2) is 30.3 Å². The number of aliphatic carboxylic acids is 1. The monoisotopic (exact) mass is 347 g/mol.